The third-order valence-corrected chi connectivity index (χ3v) is 6.41. The van der Waals surface area contributed by atoms with E-state index in [-0.39, 0.29) is 5.91 Å². The van der Waals surface area contributed by atoms with Gasteiger partial charge >= 0.3 is 0 Å². The lowest BCUT2D eigenvalue weighted by atomic mass is 10.0. The summed E-state index contributed by atoms with van der Waals surface area (Å²) in [6.45, 7) is 4.04. The van der Waals surface area contributed by atoms with Gasteiger partial charge < -0.3 is 9.47 Å². The molecule has 2 aromatic carbocycles. The summed E-state index contributed by atoms with van der Waals surface area (Å²) in [7, 11) is 1.63. The van der Waals surface area contributed by atoms with Gasteiger partial charge in [-0.2, -0.15) is 0 Å². The van der Waals surface area contributed by atoms with Crippen LogP contribution in [0.5, 0.6) is 17.2 Å². The molecule has 0 aliphatic rings. The number of amides is 1. The number of pyridine rings is 1. The fourth-order valence-electron chi connectivity index (χ4n) is 3.32. The number of rotatable bonds is 6. The van der Waals surface area contributed by atoms with Gasteiger partial charge in [-0.15, -0.1) is 0 Å². The maximum absolute atomic E-state index is 12.5. The number of aromatic nitrogens is 2. The Bertz CT molecular complexity index is 1230. The van der Waals surface area contributed by atoms with E-state index >= 15 is 0 Å². The first-order valence-electron chi connectivity index (χ1n) is 9.76. The minimum atomic E-state index is -0.225. The van der Waals surface area contributed by atoms with Crippen molar-refractivity contribution in [2.24, 2.45) is 0 Å². The second-order valence-corrected chi connectivity index (χ2v) is 9.36. The summed E-state index contributed by atoms with van der Waals surface area (Å²) in [5.41, 5.74) is 4.35. The Morgan fingerprint density at radius 2 is 1.59 bits per heavy atom. The highest BCUT2D eigenvalue weighted by Gasteiger charge is 2.18. The van der Waals surface area contributed by atoms with E-state index in [4.69, 9.17) is 9.47 Å². The SMILES string of the molecule is COc1ccc(Oc2cc(C)c(-c3nc(NC(=O)c4ccncc4)sc3Br)c(C)c2)cc1. The van der Waals surface area contributed by atoms with Crippen molar-refractivity contribution in [2.75, 3.05) is 12.4 Å². The second-order valence-electron chi connectivity index (χ2n) is 7.04. The second kappa shape index (κ2) is 9.50. The van der Waals surface area contributed by atoms with E-state index < -0.39 is 0 Å². The smallest absolute Gasteiger partial charge is 0.257 e. The van der Waals surface area contributed by atoms with Gasteiger partial charge in [0.05, 0.1) is 16.6 Å². The fourth-order valence-corrected chi connectivity index (χ4v) is 4.76. The number of nitrogens with one attached hydrogen (secondary N) is 1. The van der Waals surface area contributed by atoms with Crippen LogP contribution in [0.1, 0.15) is 21.5 Å². The van der Waals surface area contributed by atoms with E-state index in [9.17, 15) is 4.79 Å². The summed E-state index contributed by atoms with van der Waals surface area (Å²) in [6, 6.07) is 14.7. The minimum absolute atomic E-state index is 0.225. The highest BCUT2D eigenvalue weighted by atomic mass is 79.9. The lowest BCUT2D eigenvalue weighted by Crippen LogP contribution is -2.11. The first-order chi connectivity index (χ1) is 15.4. The lowest BCUT2D eigenvalue weighted by molar-refractivity contribution is 0.102. The Morgan fingerprint density at radius 1 is 0.969 bits per heavy atom. The molecule has 162 valence electrons. The average molecular weight is 510 g/mol. The molecule has 0 saturated heterocycles. The Morgan fingerprint density at radius 3 is 2.22 bits per heavy atom. The number of nitrogens with zero attached hydrogens (tertiary/aromatic N) is 2. The van der Waals surface area contributed by atoms with E-state index in [1.165, 1.54) is 11.3 Å². The molecule has 0 atom stereocenters. The molecule has 0 spiro atoms. The van der Waals surface area contributed by atoms with Gasteiger partial charge in [0.25, 0.3) is 5.91 Å². The molecule has 8 heteroatoms. The third-order valence-electron chi connectivity index (χ3n) is 4.79. The molecule has 0 unspecified atom stereocenters. The van der Waals surface area contributed by atoms with Gasteiger partial charge in [0.2, 0.25) is 0 Å². The van der Waals surface area contributed by atoms with Gasteiger partial charge in [-0.25, -0.2) is 4.98 Å². The third kappa shape index (κ3) is 4.81. The molecule has 1 amide bonds. The molecule has 4 rings (SSSR count). The van der Waals surface area contributed by atoms with Crippen molar-refractivity contribution in [3.63, 3.8) is 0 Å². The van der Waals surface area contributed by atoms with Gasteiger partial charge in [0.15, 0.2) is 5.13 Å². The predicted octanol–water partition coefficient (Wildman–Crippen LogP) is 6.64. The largest absolute Gasteiger partial charge is 0.497 e. The zero-order valence-electron chi connectivity index (χ0n) is 17.7. The van der Waals surface area contributed by atoms with Crippen LogP contribution in [0.3, 0.4) is 0 Å². The van der Waals surface area contributed by atoms with Crippen LogP contribution < -0.4 is 14.8 Å². The van der Waals surface area contributed by atoms with E-state index in [2.05, 4.69) is 31.2 Å². The van der Waals surface area contributed by atoms with Crippen LogP contribution in [0.2, 0.25) is 0 Å². The van der Waals surface area contributed by atoms with Gasteiger partial charge in [-0.3, -0.25) is 15.1 Å². The number of halogens is 1. The van der Waals surface area contributed by atoms with Crippen molar-refractivity contribution in [2.45, 2.75) is 13.8 Å². The molecule has 0 bridgehead atoms. The number of methoxy groups -OCH3 is 1. The maximum Gasteiger partial charge on any atom is 0.257 e. The summed E-state index contributed by atoms with van der Waals surface area (Å²) < 4.78 is 12.1. The van der Waals surface area contributed by atoms with Crippen molar-refractivity contribution in [3.8, 4) is 28.5 Å². The van der Waals surface area contributed by atoms with Crippen LogP contribution in [0.15, 0.2) is 64.7 Å². The Labute approximate surface area is 198 Å². The Hall–Kier alpha value is -3.23. The molecule has 0 saturated carbocycles. The number of ether oxygens (including phenoxy) is 2. The lowest BCUT2D eigenvalue weighted by Gasteiger charge is -2.13. The summed E-state index contributed by atoms with van der Waals surface area (Å²) in [6.07, 6.45) is 3.17. The van der Waals surface area contributed by atoms with Crippen molar-refractivity contribution in [3.05, 3.63) is 81.4 Å². The number of benzene rings is 2. The number of hydrogen-bond donors (Lipinski definition) is 1. The molecule has 6 nitrogen and oxygen atoms in total. The number of aryl methyl sites for hydroxylation is 2. The highest BCUT2D eigenvalue weighted by Crippen LogP contribution is 2.40. The Kier molecular flexibility index (Phi) is 6.53. The van der Waals surface area contributed by atoms with Crippen LogP contribution in [-0.4, -0.2) is 23.0 Å². The van der Waals surface area contributed by atoms with E-state index in [0.717, 1.165) is 43.4 Å². The maximum atomic E-state index is 12.5. The van der Waals surface area contributed by atoms with E-state index in [0.29, 0.717) is 10.7 Å². The van der Waals surface area contributed by atoms with Crippen LogP contribution >= 0.6 is 27.3 Å². The molecule has 4 aromatic rings. The molecular formula is C24H20BrN3O3S. The number of carbonyl (C=O) groups excluding carboxylic acids is 1. The number of hydrogen-bond acceptors (Lipinski definition) is 6. The first-order valence-corrected chi connectivity index (χ1v) is 11.4. The number of thiazole rings is 1. The van der Waals surface area contributed by atoms with Gasteiger partial charge in [-0.05, 0) is 89.4 Å². The van der Waals surface area contributed by atoms with Gasteiger partial charge in [0, 0.05) is 23.5 Å². The predicted molar refractivity (Wildman–Crippen MR) is 130 cm³/mol. The summed E-state index contributed by atoms with van der Waals surface area (Å²) in [5.74, 6) is 2.02. The standard InChI is InChI=1S/C24H20BrN3O3S/c1-14-12-19(31-18-6-4-17(30-3)5-7-18)13-15(2)20(14)21-22(25)32-24(27-21)28-23(29)16-8-10-26-11-9-16/h4-13H,1-3H3,(H,27,28,29). The topological polar surface area (TPSA) is 73.3 Å². The Balaban J connectivity index is 1.57. The fraction of sp³-hybridized carbons (Fsp3) is 0.125. The monoisotopic (exact) mass is 509 g/mol. The van der Waals surface area contributed by atoms with Crippen LogP contribution in [0.4, 0.5) is 5.13 Å². The van der Waals surface area contributed by atoms with Gasteiger partial charge in [-0.1, -0.05) is 11.3 Å². The number of carbonyl (C=O) groups is 1. The first kappa shape index (κ1) is 22.0. The molecule has 0 radical (unpaired) electrons. The van der Waals surface area contributed by atoms with Crippen molar-refractivity contribution < 1.29 is 14.3 Å². The summed E-state index contributed by atoms with van der Waals surface area (Å²) >= 11 is 4.98. The highest BCUT2D eigenvalue weighted by molar-refractivity contribution is 9.11. The van der Waals surface area contributed by atoms with E-state index in [1.807, 2.05) is 50.2 Å². The summed E-state index contributed by atoms with van der Waals surface area (Å²) in [4.78, 5) is 21.1. The zero-order chi connectivity index (χ0) is 22.7. The zero-order valence-corrected chi connectivity index (χ0v) is 20.1. The van der Waals surface area contributed by atoms with Crippen molar-refractivity contribution in [1.82, 2.24) is 9.97 Å². The van der Waals surface area contributed by atoms with Gasteiger partial charge in [0.1, 0.15) is 17.2 Å². The van der Waals surface area contributed by atoms with E-state index in [1.54, 1.807) is 31.6 Å². The van der Waals surface area contributed by atoms with Crippen molar-refractivity contribution >= 4 is 38.3 Å². The summed E-state index contributed by atoms with van der Waals surface area (Å²) in [5, 5.41) is 3.38. The van der Waals surface area contributed by atoms with Crippen molar-refractivity contribution in [1.29, 1.82) is 0 Å². The molecule has 2 heterocycles. The minimum Gasteiger partial charge on any atom is -0.497 e. The van der Waals surface area contributed by atoms with Crippen LogP contribution in [0, 0.1) is 13.8 Å². The van der Waals surface area contributed by atoms with Crippen LogP contribution in [-0.2, 0) is 0 Å². The molecule has 2 aromatic heterocycles. The normalized spacial score (nSPS) is 10.6. The number of anilines is 1. The van der Waals surface area contributed by atoms with Crippen LogP contribution in [0.25, 0.3) is 11.3 Å². The molecule has 0 aliphatic carbocycles. The molecule has 32 heavy (non-hydrogen) atoms. The molecule has 0 aliphatic heterocycles. The molecular weight excluding hydrogens is 490 g/mol. The average Bonchev–Trinajstić information content (AvgIpc) is 3.14. The molecule has 0 fully saturated rings. The quantitative estimate of drug-likeness (QED) is 0.315. The molecule has 1 N–H and O–H groups in total.